The second-order valence-electron chi connectivity index (χ2n) is 8.71. The highest BCUT2D eigenvalue weighted by Crippen LogP contribution is 2.31. The number of carbonyl (C=O) groups is 1. The smallest absolute Gasteiger partial charge is 0.258 e. The molecule has 4 heteroatoms. The van der Waals surface area contributed by atoms with Crippen molar-refractivity contribution in [3.63, 3.8) is 0 Å². The van der Waals surface area contributed by atoms with Crippen LogP contribution >= 0.6 is 15.9 Å². The minimum atomic E-state index is -0.114. The van der Waals surface area contributed by atoms with Gasteiger partial charge in [-0.15, -0.1) is 0 Å². The quantitative estimate of drug-likeness (QED) is 0.625. The lowest BCUT2D eigenvalue weighted by atomic mass is 9.87. The molecule has 0 aromatic heterocycles. The first kappa shape index (κ1) is 20.9. The fourth-order valence-electron chi connectivity index (χ4n) is 3.62. The standard InChI is InChI=1S/C24H30BrNO2/c1-16(18-10-9-17-7-5-6-8-19(17)13-18)26-23(27)15-28-22-12-11-20(14-21(22)25)24(2,3)4/h9-14,16H,5-8,15H2,1-4H3,(H,26,27)/t16-/m1/s1. The molecule has 0 fully saturated rings. The lowest BCUT2D eigenvalue weighted by Gasteiger charge is -2.21. The Morgan fingerprint density at radius 2 is 1.82 bits per heavy atom. The maximum atomic E-state index is 12.4. The van der Waals surface area contributed by atoms with Gasteiger partial charge in [-0.25, -0.2) is 0 Å². The van der Waals surface area contributed by atoms with Crippen molar-refractivity contribution >= 4 is 21.8 Å². The molecular formula is C24H30BrNO2. The Kier molecular flexibility index (Phi) is 6.49. The van der Waals surface area contributed by atoms with Gasteiger partial charge in [-0.3, -0.25) is 4.79 Å². The molecule has 0 heterocycles. The van der Waals surface area contributed by atoms with Crippen LogP contribution in [0.4, 0.5) is 0 Å². The summed E-state index contributed by atoms with van der Waals surface area (Å²) in [4.78, 5) is 12.4. The van der Waals surface area contributed by atoms with E-state index in [0.29, 0.717) is 5.75 Å². The van der Waals surface area contributed by atoms with Crippen molar-refractivity contribution < 1.29 is 9.53 Å². The first-order chi connectivity index (χ1) is 13.2. The first-order valence-corrected chi connectivity index (χ1v) is 10.9. The van der Waals surface area contributed by atoms with Crippen LogP contribution in [0.2, 0.25) is 0 Å². The van der Waals surface area contributed by atoms with Gasteiger partial charge in [-0.2, -0.15) is 0 Å². The van der Waals surface area contributed by atoms with Gasteiger partial charge in [0, 0.05) is 0 Å². The predicted molar refractivity (Wildman–Crippen MR) is 118 cm³/mol. The van der Waals surface area contributed by atoms with Crippen molar-refractivity contribution in [2.45, 2.75) is 64.8 Å². The molecule has 2 aromatic rings. The van der Waals surface area contributed by atoms with Crippen LogP contribution in [0.15, 0.2) is 40.9 Å². The molecule has 3 rings (SSSR count). The molecule has 0 unspecified atom stereocenters. The highest BCUT2D eigenvalue weighted by atomic mass is 79.9. The fourth-order valence-corrected chi connectivity index (χ4v) is 4.11. The van der Waals surface area contributed by atoms with Crippen LogP contribution in [-0.4, -0.2) is 12.5 Å². The summed E-state index contributed by atoms with van der Waals surface area (Å²) in [5.74, 6) is 0.571. The molecule has 0 saturated heterocycles. The summed E-state index contributed by atoms with van der Waals surface area (Å²) >= 11 is 3.56. The molecule has 1 N–H and O–H groups in total. The number of aryl methyl sites for hydroxylation is 2. The summed E-state index contributed by atoms with van der Waals surface area (Å²) < 4.78 is 6.61. The highest BCUT2D eigenvalue weighted by molar-refractivity contribution is 9.10. The molecule has 2 aromatic carbocycles. The Balaban J connectivity index is 1.57. The number of hydrogen-bond acceptors (Lipinski definition) is 2. The van der Waals surface area contributed by atoms with E-state index in [4.69, 9.17) is 4.74 Å². The van der Waals surface area contributed by atoms with Crippen LogP contribution in [0.1, 0.15) is 68.8 Å². The van der Waals surface area contributed by atoms with Crippen molar-refractivity contribution in [2.75, 3.05) is 6.61 Å². The van der Waals surface area contributed by atoms with Crippen molar-refractivity contribution in [3.05, 3.63) is 63.1 Å². The number of halogens is 1. The zero-order chi connectivity index (χ0) is 20.3. The number of benzene rings is 2. The molecule has 0 spiro atoms. The van der Waals surface area contributed by atoms with Gasteiger partial charge < -0.3 is 10.1 Å². The SMILES string of the molecule is C[C@@H](NC(=O)COc1ccc(C(C)(C)C)cc1Br)c1ccc2c(c1)CCCC2. The van der Waals surface area contributed by atoms with Crippen LogP contribution in [0, 0.1) is 0 Å². The number of nitrogens with one attached hydrogen (secondary N) is 1. The summed E-state index contributed by atoms with van der Waals surface area (Å²) in [5, 5.41) is 3.05. The molecule has 1 atom stereocenters. The van der Waals surface area contributed by atoms with Gasteiger partial charge in [0.25, 0.3) is 5.91 Å². The normalized spacial score (nSPS) is 14.9. The summed E-state index contributed by atoms with van der Waals surface area (Å²) in [6.45, 7) is 8.54. The van der Waals surface area contributed by atoms with E-state index < -0.39 is 0 Å². The number of amides is 1. The Morgan fingerprint density at radius 3 is 2.50 bits per heavy atom. The molecule has 0 radical (unpaired) electrons. The zero-order valence-corrected chi connectivity index (χ0v) is 18.9. The summed E-state index contributed by atoms with van der Waals surface area (Å²) in [7, 11) is 0. The Hall–Kier alpha value is -1.81. The van der Waals surface area contributed by atoms with E-state index in [0.717, 1.165) is 16.5 Å². The van der Waals surface area contributed by atoms with Crippen molar-refractivity contribution in [2.24, 2.45) is 0 Å². The largest absolute Gasteiger partial charge is 0.483 e. The van der Waals surface area contributed by atoms with Gasteiger partial charge in [0.1, 0.15) is 5.75 Å². The third-order valence-electron chi connectivity index (χ3n) is 5.41. The third-order valence-corrected chi connectivity index (χ3v) is 6.03. The summed E-state index contributed by atoms with van der Waals surface area (Å²) in [5.41, 5.74) is 5.34. The van der Waals surface area contributed by atoms with Crippen molar-refractivity contribution in [1.82, 2.24) is 5.32 Å². The average Bonchev–Trinajstić information content (AvgIpc) is 2.65. The highest BCUT2D eigenvalue weighted by Gasteiger charge is 2.17. The average molecular weight is 444 g/mol. The third kappa shape index (κ3) is 5.16. The Bertz CT molecular complexity index is 854. The molecular weight excluding hydrogens is 414 g/mol. The molecule has 28 heavy (non-hydrogen) atoms. The van der Waals surface area contributed by atoms with E-state index in [2.05, 4.69) is 66.3 Å². The van der Waals surface area contributed by atoms with Crippen LogP contribution in [0.25, 0.3) is 0 Å². The topological polar surface area (TPSA) is 38.3 Å². The maximum Gasteiger partial charge on any atom is 0.258 e. The molecule has 0 aliphatic heterocycles. The minimum Gasteiger partial charge on any atom is -0.483 e. The van der Waals surface area contributed by atoms with Gasteiger partial charge in [-0.05, 0) is 88.3 Å². The van der Waals surface area contributed by atoms with Gasteiger partial charge >= 0.3 is 0 Å². The number of rotatable bonds is 5. The maximum absolute atomic E-state index is 12.4. The number of ether oxygens (including phenoxy) is 1. The Morgan fingerprint density at radius 1 is 1.11 bits per heavy atom. The number of fused-ring (bicyclic) bond motifs is 1. The Labute approximate surface area is 177 Å². The van der Waals surface area contributed by atoms with E-state index in [1.165, 1.54) is 36.0 Å². The molecule has 150 valence electrons. The monoisotopic (exact) mass is 443 g/mol. The summed E-state index contributed by atoms with van der Waals surface area (Å²) in [6.07, 6.45) is 4.86. The molecule has 1 aliphatic rings. The molecule has 1 aliphatic carbocycles. The summed E-state index contributed by atoms with van der Waals surface area (Å²) in [6, 6.07) is 12.6. The molecule has 0 saturated carbocycles. The first-order valence-electron chi connectivity index (χ1n) is 10.1. The van der Waals surface area contributed by atoms with Crippen LogP contribution < -0.4 is 10.1 Å². The lowest BCUT2D eigenvalue weighted by Crippen LogP contribution is -2.31. The molecule has 1 amide bonds. The molecule has 3 nitrogen and oxygen atoms in total. The van der Waals surface area contributed by atoms with Gasteiger partial charge in [0.05, 0.1) is 10.5 Å². The predicted octanol–water partition coefficient (Wildman–Crippen LogP) is 5.88. The van der Waals surface area contributed by atoms with Gasteiger partial charge in [0.2, 0.25) is 0 Å². The van der Waals surface area contributed by atoms with E-state index in [9.17, 15) is 4.79 Å². The van der Waals surface area contributed by atoms with Crippen LogP contribution in [-0.2, 0) is 23.1 Å². The zero-order valence-electron chi connectivity index (χ0n) is 17.3. The van der Waals surface area contributed by atoms with Gasteiger partial charge in [0.15, 0.2) is 6.61 Å². The van der Waals surface area contributed by atoms with E-state index >= 15 is 0 Å². The second kappa shape index (κ2) is 8.69. The van der Waals surface area contributed by atoms with E-state index in [-0.39, 0.29) is 24.0 Å². The van der Waals surface area contributed by atoms with Crippen LogP contribution in [0.5, 0.6) is 5.75 Å². The van der Waals surface area contributed by atoms with Crippen molar-refractivity contribution in [1.29, 1.82) is 0 Å². The van der Waals surface area contributed by atoms with Crippen molar-refractivity contribution in [3.8, 4) is 5.75 Å². The number of carbonyl (C=O) groups excluding carboxylic acids is 1. The minimum absolute atomic E-state index is 0.00272. The van der Waals surface area contributed by atoms with Gasteiger partial charge in [-0.1, -0.05) is 45.0 Å². The van der Waals surface area contributed by atoms with Crippen LogP contribution in [0.3, 0.4) is 0 Å². The fraction of sp³-hybridized carbons (Fsp3) is 0.458. The lowest BCUT2D eigenvalue weighted by molar-refractivity contribution is -0.123. The van der Waals surface area contributed by atoms with E-state index in [1.807, 2.05) is 19.1 Å². The number of hydrogen-bond donors (Lipinski definition) is 1. The van der Waals surface area contributed by atoms with E-state index in [1.54, 1.807) is 0 Å². The second-order valence-corrected chi connectivity index (χ2v) is 9.56. The molecule has 0 bridgehead atoms.